The number of carboxylic acid groups (broad SMARTS) is 1. The second-order valence-corrected chi connectivity index (χ2v) is 7.13. The standard InChI is InChI=1S/C20H27N3O6.ClH/c1-29-17(26)15(12-14-8-4-2-5-9-14)22-18(27)20(21,13-16(24)25)19(28)23-10-6-3-7-11-23;/h2,4-5,8-9,15H,3,6-7,10-13,21H2,1H3,(H,22,27)(H,24,25);1H/t15-,20-;/m0./s1. The van der Waals surface area contributed by atoms with Crippen LogP contribution in [-0.4, -0.2) is 65.5 Å². The Morgan fingerprint density at radius 1 is 1.17 bits per heavy atom. The molecule has 2 rings (SSSR count). The molecule has 1 aliphatic rings. The fraction of sp³-hybridized carbons (Fsp3) is 0.500. The summed E-state index contributed by atoms with van der Waals surface area (Å²) in [6.07, 6.45) is 1.70. The van der Waals surface area contributed by atoms with Gasteiger partial charge in [0.15, 0.2) is 5.54 Å². The van der Waals surface area contributed by atoms with Gasteiger partial charge in [0.25, 0.3) is 11.8 Å². The highest BCUT2D eigenvalue weighted by atomic mass is 35.5. The summed E-state index contributed by atoms with van der Waals surface area (Å²) in [5, 5.41) is 11.7. The number of amides is 2. The Labute approximate surface area is 181 Å². The fourth-order valence-corrected chi connectivity index (χ4v) is 3.34. The number of likely N-dealkylation sites (tertiary alicyclic amines) is 1. The first kappa shape index (κ1) is 25.4. The minimum absolute atomic E-state index is 0. The molecule has 2 atom stereocenters. The van der Waals surface area contributed by atoms with Crippen molar-refractivity contribution >= 4 is 36.2 Å². The molecular weight excluding hydrogens is 414 g/mol. The van der Waals surface area contributed by atoms with Crippen LogP contribution in [0.4, 0.5) is 0 Å². The zero-order chi connectivity index (χ0) is 21.4. The summed E-state index contributed by atoms with van der Waals surface area (Å²) in [5.74, 6) is -3.86. The van der Waals surface area contributed by atoms with Crippen molar-refractivity contribution in [2.24, 2.45) is 5.73 Å². The minimum Gasteiger partial charge on any atom is -0.481 e. The number of aliphatic carboxylic acids is 1. The number of halogens is 1. The molecule has 4 N–H and O–H groups in total. The number of hydrogen-bond donors (Lipinski definition) is 3. The quantitative estimate of drug-likeness (QED) is 0.394. The van der Waals surface area contributed by atoms with Crippen molar-refractivity contribution in [3.63, 3.8) is 0 Å². The molecule has 1 saturated heterocycles. The maximum Gasteiger partial charge on any atom is 0.328 e. The van der Waals surface area contributed by atoms with Crippen molar-refractivity contribution in [2.75, 3.05) is 20.2 Å². The summed E-state index contributed by atoms with van der Waals surface area (Å²) >= 11 is 0. The monoisotopic (exact) mass is 441 g/mol. The average Bonchev–Trinajstić information content (AvgIpc) is 2.72. The van der Waals surface area contributed by atoms with Crippen LogP contribution in [0.15, 0.2) is 30.3 Å². The van der Waals surface area contributed by atoms with E-state index in [0.29, 0.717) is 13.1 Å². The topological polar surface area (TPSA) is 139 Å². The summed E-state index contributed by atoms with van der Waals surface area (Å²) in [7, 11) is 1.18. The van der Waals surface area contributed by atoms with E-state index in [4.69, 9.17) is 10.5 Å². The maximum atomic E-state index is 13.0. The van der Waals surface area contributed by atoms with Gasteiger partial charge in [-0.2, -0.15) is 0 Å². The molecule has 1 aliphatic heterocycles. The summed E-state index contributed by atoms with van der Waals surface area (Å²) in [4.78, 5) is 50.8. The minimum atomic E-state index is -2.31. The number of rotatable bonds is 8. The zero-order valence-corrected chi connectivity index (χ0v) is 17.7. The van der Waals surface area contributed by atoms with Crippen LogP contribution in [-0.2, 0) is 30.3 Å². The predicted octanol–water partition coefficient (Wildman–Crippen LogP) is 0.493. The molecular formula is C20H28ClN3O6. The van der Waals surface area contributed by atoms with Crippen LogP contribution < -0.4 is 11.1 Å². The molecule has 0 unspecified atom stereocenters. The Bertz CT molecular complexity index is 754. The van der Waals surface area contributed by atoms with E-state index in [-0.39, 0.29) is 18.8 Å². The average molecular weight is 442 g/mol. The number of carbonyl (C=O) groups is 4. The van der Waals surface area contributed by atoms with Crippen molar-refractivity contribution in [1.82, 2.24) is 10.2 Å². The van der Waals surface area contributed by atoms with E-state index >= 15 is 0 Å². The van der Waals surface area contributed by atoms with Gasteiger partial charge >= 0.3 is 11.9 Å². The summed E-state index contributed by atoms with van der Waals surface area (Å²) < 4.78 is 4.75. The Morgan fingerprint density at radius 2 is 1.77 bits per heavy atom. The third kappa shape index (κ3) is 6.43. The van der Waals surface area contributed by atoms with Gasteiger partial charge in [0.2, 0.25) is 0 Å². The number of benzene rings is 1. The molecule has 0 aliphatic carbocycles. The molecule has 30 heavy (non-hydrogen) atoms. The molecule has 10 heteroatoms. The molecule has 1 fully saturated rings. The first-order valence-corrected chi connectivity index (χ1v) is 9.50. The van der Waals surface area contributed by atoms with Crippen molar-refractivity contribution in [3.8, 4) is 0 Å². The molecule has 1 aromatic carbocycles. The molecule has 9 nitrogen and oxygen atoms in total. The number of nitrogens with one attached hydrogen (secondary N) is 1. The predicted molar refractivity (Wildman–Crippen MR) is 111 cm³/mol. The molecule has 2 amide bonds. The number of carbonyl (C=O) groups excluding carboxylic acids is 3. The highest BCUT2D eigenvalue weighted by molar-refractivity contribution is 6.12. The summed E-state index contributed by atoms with van der Waals surface area (Å²) in [6.45, 7) is 0.824. The number of carboxylic acids is 1. The van der Waals surface area contributed by atoms with Crippen LogP contribution in [0.25, 0.3) is 0 Å². The van der Waals surface area contributed by atoms with E-state index in [1.807, 2.05) is 6.07 Å². The van der Waals surface area contributed by atoms with Crippen LogP contribution in [0.5, 0.6) is 0 Å². The van der Waals surface area contributed by atoms with Crippen LogP contribution in [0.1, 0.15) is 31.2 Å². The molecule has 0 bridgehead atoms. The highest BCUT2D eigenvalue weighted by Gasteiger charge is 2.47. The lowest BCUT2D eigenvalue weighted by Gasteiger charge is -2.35. The van der Waals surface area contributed by atoms with E-state index in [1.54, 1.807) is 24.3 Å². The summed E-state index contributed by atoms with van der Waals surface area (Å²) in [6, 6.07) is 7.80. The van der Waals surface area contributed by atoms with Crippen molar-refractivity contribution in [3.05, 3.63) is 35.9 Å². The third-order valence-corrected chi connectivity index (χ3v) is 4.93. The Kier molecular flexibility index (Phi) is 9.74. The highest BCUT2D eigenvalue weighted by Crippen LogP contribution is 2.18. The van der Waals surface area contributed by atoms with Crippen molar-refractivity contribution in [1.29, 1.82) is 0 Å². The van der Waals surface area contributed by atoms with Crippen molar-refractivity contribution < 1.29 is 29.0 Å². The molecule has 166 valence electrons. The first-order chi connectivity index (χ1) is 13.8. The number of piperidine rings is 1. The third-order valence-electron chi connectivity index (χ3n) is 4.93. The van der Waals surface area contributed by atoms with Crippen molar-refractivity contribution in [2.45, 2.75) is 43.7 Å². The zero-order valence-electron chi connectivity index (χ0n) is 16.8. The number of esters is 1. The molecule has 0 saturated carbocycles. The second-order valence-electron chi connectivity index (χ2n) is 7.13. The lowest BCUT2D eigenvalue weighted by Crippen LogP contribution is -2.67. The van der Waals surface area contributed by atoms with Gasteiger partial charge < -0.3 is 25.8 Å². The van der Waals surface area contributed by atoms with E-state index in [1.165, 1.54) is 12.0 Å². The normalized spacial score (nSPS) is 16.4. The van der Waals surface area contributed by atoms with Crippen LogP contribution in [0.3, 0.4) is 0 Å². The van der Waals surface area contributed by atoms with Gasteiger partial charge in [-0.25, -0.2) is 4.79 Å². The maximum absolute atomic E-state index is 13.0. The molecule has 0 spiro atoms. The van der Waals surface area contributed by atoms with Crippen LogP contribution >= 0.6 is 12.4 Å². The van der Waals surface area contributed by atoms with Gasteiger partial charge in [-0.1, -0.05) is 30.3 Å². The van der Waals surface area contributed by atoms with Gasteiger partial charge in [-0.3, -0.25) is 14.4 Å². The number of ether oxygens (including phenoxy) is 1. The lowest BCUT2D eigenvalue weighted by atomic mass is 9.91. The summed E-state index contributed by atoms with van der Waals surface area (Å²) in [5.41, 5.74) is 4.51. The number of nitrogens with two attached hydrogens (primary N) is 1. The van der Waals surface area contributed by atoms with Gasteiger partial charge in [-0.15, -0.1) is 12.4 Å². The van der Waals surface area contributed by atoms with E-state index < -0.39 is 41.8 Å². The van der Waals surface area contributed by atoms with Crippen LogP contribution in [0.2, 0.25) is 0 Å². The largest absolute Gasteiger partial charge is 0.481 e. The van der Waals surface area contributed by atoms with E-state index in [9.17, 15) is 24.3 Å². The second kappa shape index (κ2) is 11.5. The molecule has 0 radical (unpaired) electrons. The SMILES string of the molecule is COC(=O)[C@H](Cc1ccccc1)NC(=O)[C@@](N)(CC(=O)O)C(=O)N1CCCCC1.Cl. The number of nitrogens with zero attached hydrogens (tertiary/aromatic N) is 1. The molecule has 0 aromatic heterocycles. The first-order valence-electron chi connectivity index (χ1n) is 9.50. The fourth-order valence-electron chi connectivity index (χ4n) is 3.34. The number of methoxy groups -OCH3 is 1. The Hall–Kier alpha value is -2.65. The van der Waals surface area contributed by atoms with Gasteiger partial charge in [0, 0.05) is 19.5 Å². The Balaban J connectivity index is 0.00000450. The van der Waals surface area contributed by atoms with E-state index in [2.05, 4.69) is 5.32 Å². The Morgan fingerprint density at radius 3 is 2.30 bits per heavy atom. The molecule has 1 heterocycles. The number of hydrogen-bond acceptors (Lipinski definition) is 6. The van der Waals surface area contributed by atoms with Gasteiger partial charge in [0.1, 0.15) is 6.04 Å². The van der Waals surface area contributed by atoms with Gasteiger partial charge in [0.05, 0.1) is 13.5 Å². The molecule has 1 aromatic rings. The van der Waals surface area contributed by atoms with Gasteiger partial charge in [-0.05, 0) is 24.8 Å². The van der Waals surface area contributed by atoms with E-state index in [0.717, 1.165) is 24.8 Å². The smallest absolute Gasteiger partial charge is 0.328 e. The lowest BCUT2D eigenvalue weighted by molar-refractivity contribution is -0.153. The van der Waals surface area contributed by atoms with Crippen LogP contribution in [0, 0.1) is 0 Å².